The zero-order valence-electron chi connectivity index (χ0n) is 18.6. The Labute approximate surface area is 181 Å². The van der Waals surface area contributed by atoms with Crippen LogP contribution < -0.4 is 0 Å². The summed E-state index contributed by atoms with van der Waals surface area (Å²) in [5.74, 6) is 8.21. The lowest BCUT2D eigenvalue weighted by Crippen LogP contribution is -2.56. The molecule has 0 unspecified atom stereocenters. The smallest absolute Gasteiger partial charge is 0.307 e. The van der Waals surface area contributed by atoms with Crippen LogP contribution in [0.1, 0.15) is 72.1 Å². The number of hydrogen-bond donors (Lipinski definition) is 0. The van der Waals surface area contributed by atoms with Gasteiger partial charge in [0.25, 0.3) is 0 Å². The van der Waals surface area contributed by atoms with Gasteiger partial charge in [-0.25, -0.2) is 0 Å². The van der Waals surface area contributed by atoms with Crippen LogP contribution >= 0.6 is 0 Å². The number of fused-ring (bicyclic) bond motifs is 5. The second kappa shape index (κ2) is 7.88. The van der Waals surface area contributed by atoms with Crippen LogP contribution in [0, 0.1) is 40.9 Å². The minimum atomic E-state index is -0.861. The molecule has 2 saturated carbocycles. The van der Waals surface area contributed by atoms with E-state index in [1.807, 2.05) is 19.9 Å². The molecule has 4 aliphatic carbocycles. The van der Waals surface area contributed by atoms with Crippen molar-refractivity contribution in [3.63, 3.8) is 0 Å². The summed E-state index contributed by atoms with van der Waals surface area (Å²) in [6.07, 6.45) is 12.9. The van der Waals surface area contributed by atoms with E-state index in [1.54, 1.807) is 0 Å². The standard InChI is InChI=1S/C27H34O3/c1-5-8-24(29)30-27(14-6-2)15-13-23-22-11-9-19-16-20(28)10-12-21(19)25(22)18(4)17-26(23,27)7-3/h13,15-16,21-23,25H,4-5,7-12,17H2,1-3H3/t21-,22-,23-,25+,26-,27-/m0/s1. The summed E-state index contributed by atoms with van der Waals surface area (Å²) in [6.45, 7) is 10.6. The zero-order chi connectivity index (χ0) is 21.5. The normalized spacial score (nSPS) is 39.2. The molecular formula is C27H34O3. The first-order chi connectivity index (χ1) is 14.4. The lowest BCUT2D eigenvalue weighted by Gasteiger charge is -2.57. The molecule has 2 fully saturated rings. The van der Waals surface area contributed by atoms with Crippen molar-refractivity contribution >= 4 is 11.8 Å². The van der Waals surface area contributed by atoms with Crippen molar-refractivity contribution in [3.05, 3.63) is 36.0 Å². The van der Waals surface area contributed by atoms with Crippen molar-refractivity contribution in [3.8, 4) is 11.8 Å². The second-order valence-corrected chi connectivity index (χ2v) is 9.62. The highest BCUT2D eigenvalue weighted by Gasteiger charge is 2.64. The van der Waals surface area contributed by atoms with E-state index in [2.05, 4.69) is 37.5 Å². The second-order valence-electron chi connectivity index (χ2n) is 9.62. The van der Waals surface area contributed by atoms with Crippen LogP contribution in [0.4, 0.5) is 0 Å². The number of hydrogen-bond acceptors (Lipinski definition) is 3. The van der Waals surface area contributed by atoms with Gasteiger partial charge in [0.05, 0.1) is 0 Å². The fourth-order valence-corrected chi connectivity index (χ4v) is 7.07. The summed E-state index contributed by atoms with van der Waals surface area (Å²) in [7, 11) is 0. The molecule has 160 valence electrons. The molecule has 0 radical (unpaired) electrons. The van der Waals surface area contributed by atoms with Gasteiger partial charge in [0.1, 0.15) is 0 Å². The highest BCUT2D eigenvalue weighted by molar-refractivity contribution is 5.91. The number of allylic oxidation sites excluding steroid dienone is 4. The average Bonchev–Trinajstić information content (AvgIpc) is 3.02. The number of carbonyl (C=O) groups excluding carboxylic acids is 2. The van der Waals surface area contributed by atoms with Gasteiger partial charge in [-0.15, -0.1) is 5.92 Å². The molecule has 0 N–H and O–H groups in total. The minimum Gasteiger partial charge on any atom is -0.441 e. The summed E-state index contributed by atoms with van der Waals surface area (Å²) in [4.78, 5) is 24.6. The van der Waals surface area contributed by atoms with Gasteiger partial charge in [-0.1, -0.05) is 43.6 Å². The van der Waals surface area contributed by atoms with Gasteiger partial charge in [-0.05, 0) is 81.3 Å². The molecular weight excluding hydrogens is 372 g/mol. The van der Waals surface area contributed by atoms with Gasteiger partial charge in [-0.3, -0.25) is 9.59 Å². The van der Waals surface area contributed by atoms with E-state index < -0.39 is 5.60 Å². The SMILES string of the molecule is C=C1C[C@@]2(CC)[C@@H](C=C[C@]2(C#CC)OC(=O)CCC)[C@@H]2CCC3=CC(=O)CC[C@@H]3[C@@H]12. The number of esters is 1. The Bertz CT molecular complexity index is 882. The first-order valence-electron chi connectivity index (χ1n) is 11.7. The van der Waals surface area contributed by atoms with Gasteiger partial charge in [0, 0.05) is 18.3 Å². The number of rotatable bonds is 4. The van der Waals surface area contributed by atoms with Crippen molar-refractivity contribution < 1.29 is 14.3 Å². The molecule has 0 aromatic rings. The molecule has 0 bridgehead atoms. The van der Waals surface area contributed by atoms with Crippen molar-refractivity contribution in [1.82, 2.24) is 0 Å². The van der Waals surface area contributed by atoms with Crippen LogP contribution in [0.2, 0.25) is 0 Å². The van der Waals surface area contributed by atoms with Crippen LogP contribution in [0.3, 0.4) is 0 Å². The van der Waals surface area contributed by atoms with Crippen LogP contribution in [0.15, 0.2) is 36.0 Å². The van der Waals surface area contributed by atoms with Crippen molar-refractivity contribution in [1.29, 1.82) is 0 Å². The Morgan fingerprint density at radius 3 is 2.80 bits per heavy atom. The lowest BCUT2D eigenvalue weighted by atomic mass is 9.48. The summed E-state index contributed by atoms with van der Waals surface area (Å²) < 4.78 is 6.20. The maximum atomic E-state index is 12.6. The Balaban J connectivity index is 1.73. The van der Waals surface area contributed by atoms with Crippen molar-refractivity contribution in [2.75, 3.05) is 0 Å². The highest BCUT2D eigenvalue weighted by atomic mass is 16.6. The molecule has 3 nitrogen and oxygen atoms in total. The quantitative estimate of drug-likeness (QED) is 0.348. The summed E-state index contributed by atoms with van der Waals surface area (Å²) >= 11 is 0. The number of ketones is 1. The first kappa shape index (κ1) is 21.2. The van der Waals surface area contributed by atoms with Gasteiger partial charge in [0.2, 0.25) is 0 Å². The Kier molecular flexibility index (Phi) is 5.56. The van der Waals surface area contributed by atoms with E-state index in [9.17, 15) is 9.59 Å². The molecule has 0 saturated heterocycles. The van der Waals surface area contributed by atoms with Crippen molar-refractivity contribution in [2.24, 2.45) is 29.1 Å². The van der Waals surface area contributed by atoms with E-state index in [1.165, 1.54) is 11.1 Å². The zero-order valence-corrected chi connectivity index (χ0v) is 18.6. The van der Waals surface area contributed by atoms with Crippen molar-refractivity contribution in [2.45, 2.75) is 77.7 Å². The third-order valence-electron chi connectivity index (χ3n) is 8.25. The third-order valence-corrected chi connectivity index (χ3v) is 8.25. The molecule has 3 heteroatoms. The van der Waals surface area contributed by atoms with E-state index >= 15 is 0 Å². The molecule has 6 atom stereocenters. The van der Waals surface area contributed by atoms with Gasteiger partial charge in [-0.2, -0.15) is 0 Å². The Morgan fingerprint density at radius 2 is 2.10 bits per heavy atom. The fourth-order valence-electron chi connectivity index (χ4n) is 7.07. The van der Waals surface area contributed by atoms with Crippen LogP contribution in [0.5, 0.6) is 0 Å². The largest absolute Gasteiger partial charge is 0.441 e. The molecule has 0 amide bonds. The maximum absolute atomic E-state index is 12.6. The molecule has 30 heavy (non-hydrogen) atoms. The summed E-state index contributed by atoms with van der Waals surface area (Å²) in [6, 6.07) is 0. The third kappa shape index (κ3) is 3.03. The Hall–Kier alpha value is -2.08. The predicted octanol–water partition coefficient (Wildman–Crippen LogP) is 5.57. The average molecular weight is 407 g/mol. The summed E-state index contributed by atoms with van der Waals surface area (Å²) in [5.41, 5.74) is 1.50. The van der Waals surface area contributed by atoms with Crippen LogP contribution in [0.25, 0.3) is 0 Å². The highest BCUT2D eigenvalue weighted by Crippen LogP contribution is 2.65. The van der Waals surface area contributed by atoms with Gasteiger partial charge < -0.3 is 4.74 Å². The molecule has 4 aliphatic rings. The maximum Gasteiger partial charge on any atom is 0.307 e. The molecule has 0 spiro atoms. The molecule has 0 aromatic heterocycles. The molecule has 0 aliphatic heterocycles. The lowest BCUT2D eigenvalue weighted by molar-refractivity contribution is -0.165. The Morgan fingerprint density at radius 1 is 1.30 bits per heavy atom. The van der Waals surface area contributed by atoms with E-state index in [-0.39, 0.29) is 17.2 Å². The number of ether oxygens (including phenoxy) is 1. The van der Waals surface area contributed by atoms with Crippen LogP contribution in [-0.4, -0.2) is 17.4 Å². The molecule has 4 rings (SSSR count). The van der Waals surface area contributed by atoms with E-state index in [0.717, 1.165) is 38.5 Å². The van der Waals surface area contributed by atoms with E-state index in [4.69, 9.17) is 4.74 Å². The topological polar surface area (TPSA) is 43.4 Å². The van der Waals surface area contributed by atoms with Gasteiger partial charge in [0.15, 0.2) is 11.4 Å². The first-order valence-corrected chi connectivity index (χ1v) is 11.7. The minimum absolute atomic E-state index is 0.161. The van der Waals surface area contributed by atoms with E-state index in [0.29, 0.717) is 36.5 Å². The molecule has 0 aromatic carbocycles. The monoisotopic (exact) mass is 406 g/mol. The number of carbonyl (C=O) groups is 2. The predicted molar refractivity (Wildman–Crippen MR) is 118 cm³/mol. The molecule has 0 heterocycles. The fraction of sp³-hybridized carbons (Fsp3) is 0.630. The summed E-state index contributed by atoms with van der Waals surface area (Å²) in [5, 5.41) is 0. The van der Waals surface area contributed by atoms with Gasteiger partial charge >= 0.3 is 5.97 Å². The van der Waals surface area contributed by atoms with Crippen LogP contribution in [-0.2, 0) is 14.3 Å².